The maximum atomic E-state index is 6.64. The van der Waals surface area contributed by atoms with E-state index in [1.54, 1.807) is 6.21 Å². The van der Waals surface area contributed by atoms with E-state index in [0.717, 1.165) is 24.1 Å². The lowest BCUT2D eigenvalue weighted by atomic mass is 9.78. The zero-order valence-electron chi connectivity index (χ0n) is 12.5. The molecule has 0 bridgehead atoms. The summed E-state index contributed by atoms with van der Waals surface area (Å²) in [6, 6.07) is 7.92. The number of benzene rings is 1. The van der Waals surface area contributed by atoms with Gasteiger partial charge in [-0.2, -0.15) is 0 Å². The average Bonchev–Trinajstić information content (AvgIpc) is 2.47. The zero-order chi connectivity index (χ0) is 14.4. The van der Waals surface area contributed by atoms with Crippen LogP contribution in [0.3, 0.4) is 0 Å². The Kier molecular flexibility index (Phi) is 5.32. The van der Waals surface area contributed by atoms with E-state index in [-0.39, 0.29) is 6.04 Å². The van der Waals surface area contributed by atoms with Crippen LogP contribution in [-0.4, -0.2) is 12.3 Å². The molecule has 2 atom stereocenters. The summed E-state index contributed by atoms with van der Waals surface area (Å²) in [5, 5.41) is 0. The summed E-state index contributed by atoms with van der Waals surface area (Å²) in [7, 11) is 0. The van der Waals surface area contributed by atoms with Crippen molar-refractivity contribution in [2.75, 3.05) is 0 Å². The number of nitrogens with two attached hydrogens (primary N) is 2. The van der Waals surface area contributed by atoms with Crippen molar-refractivity contribution in [3.05, 3.63) is 29.8 Å². The fourth-order valence-corrected chi connectivity index (χ4v) is 2.95. The predicted molar refractivity (Wildman–Crippen MR) is 86.4 cm³/mol. The summed E-state index contributed by atoms with van der Waals surface area (Å²) in [5.74, 6) is 0. The largest absolute Gasteiger partial charge is 0.321 e. The molecule has 0 aliphatic carbocycles. The molecule has 0 amide bonds. The number of hydrogen-bond acceptors (Lipinski definition) is 3. The molecule has 20 heavy (non-hydrogen) atoms. The van der Waals surface area contributed by atoms with Crippen LogP contribution in [-0.2, 0) is 5.54 Å². The first kappa shape index (κ1) is 15.2. The molecule has 2 unspecified atom stereocenters. The Morgan fingerprint density at radius 1 is 1.10 bits per heavy atom. The van der Waals surface area contributed by atoms with Crippen molar-refractivity contribution in [3.8, 4) is 0 Å². The van der Waals surface area contributed by atoms with Crippen molar-refractivity contribution in [2.45, 2.75) is 63.5 Å². The molecule has 0 aromatic heterocycles. The van der Waals surface area contributed by atoms with E-state index < -0.39 is 5.54 Å². The molecule has 1 aromatic carbocycles. The molecule has 3 nitrogen and oxygen atoms in total. The van der Waals surface area contributed by atoms with Gasteiger partial charge in [0.1, 0.15) is 0 Å². The van der Waals surface area contributed by atoms with Crippen LogP contribution in [0.1, 0.15) is 57.4 Å². The molecule has 0 radical (unpaired) electrons. The summed E-state index contributed by atoms with van der Waals surface area (Å²) < 4.78 is 0. The number of nitrogens with zero attached hydrogens (tertiary/aromatic N) is 1. The standard InChI is InChI=1S/C17H27N3/c1-2-3-4-5-6-9-12-17(19)14-10-7-8-11-15(14)20-13-16(17)18/h7-8,10-11,13,16H,2-6,9,12,18-19H2,1H3. The number of unbranched alkanes of at least 4 members (excludes halogenated alkanes) is 5. The van der Waals surface area contributed by atoms with E-state index in [2.05, 4.69) is 18.0 Å². The third-order valence-electron chi connectivity index (χ3n) is 4.32. The fraction of sp³-hybridized carbons (Fsp3) is 0.588. The van der Waals surface area contributed by atoms with Gasteiger partial charge in [-0.3, -0.25) is 4.99 Å². The highest BCUT2D eigenvalue weighted by Gasteiger charge is 2.37. The van der Waals surface area contributed by atoms with Crippen LogP contribution in [0.5, 0.6) is 0 Å². The average molecular weight is 273 g/mol. The number of hydrogen-bond donors (Lipinski definition) is 2. The van der Waals surface area contributed by atoms with E-state index in [4.69, 9.17) is 11.5 Å². The normalized spacial score (nSPS) is 24.6. The molecule has 110 valence electrons. The van der Waals surface area contributed by atoms with Crippen LogP contribution in [0, 0.1) is 0 Å². The third-order valence-corrected chi connectivity index (χ3v) is 4.32. The molecule has 0 saturated carbocycles. The maximum Gasteiger partial charge on any atom is 0.0677 e. The molecule has 4 N–H and O–H groups in total. The third kappa shape index (κ3) is 3.28. The maximum absolute atomic E-state index is 6.64. The molecular formula is C17H27N3. The minimum absolute atomic E-state index is 0.187. The van der Waals surface area contributed by atoms with Crippen molar-refractivity contribution in [3.63, 3.8) is 0 Å². The molecule has 2 rings (SSSR count). The lowest BCUT2D eigenvalue weighted by Crippen LogP contribution is -2.54. The van der Waals surface area contributed by atoms with Gasteiger partial charge < -0.3 is 11.5 Å². The van der Waals surface area contributed by atoms with Crippen LogP contribution in [0.2, 0.25) is 0 Å². The summed E-state index contributed by atoms with van der Waals surface area (Å²) in [6.45, 7) is 2.24. The predicted octanol–water partition coefficient (Wildman–Crippen LogP) is 3.63. The Labute approximate surface area is 122 Å². The van der Waals surface area contributed by atoms with Gasteiger partial charge in [0.25, 0.3) is 0 Å². The summed E-state index contributed by atoms with van der Waals surface area (Å²) in [6.07, 6.45) is 10.4. The molecule has 0 fully saturated rings. The van der Waals surface area contributed by atoms with Crippen molar-refractivity contribution < 1.29 is 0 Å². The van der Waals surface area contributed by atoms with Crippen LogP contribution >= 0.6 is 0 Å². The zero-order valence-corrected chi connectivity index (χ0v) is 12.5. The number of fused-ring (bicyclic) bond motifs is 1. The Balaban J connectivity index is 1.96. The van der Waals surface area contributed by atoms with Crippen LogP contribution in [0.25, 0.3) is 0 Å². The quantitative estimate of drug-likeness (QED) is 0.745. The van der Waals surface area contributed by atoms with E-state index in [1.165, 1.54) is 32.1 Å². The van der Waals surface area contributed by atoms with Crippen molar-refractivity contribution in [1.82, 2.24) is 0 Å². The summed E-state index contributed by atoms with van der Waals surface area (Å²) in [4.78, 5) is 4.41. The molecule has 1 aliphatic heterocycles. The van der Waals surface area contributed by atoms with Gasteiger partial charge in [-0.25, -0.2) is 0 Å². The van der Waals surface area contributed by atoms with E-state index in [1.807, 2.05) is 18.2 Å². The van der Waals surface area contributed by atoms with Crippen molar-refractivity contribution in [1.29, 1.82) is 0 Å². The number of rotatable bonds is 7. The molecule has 3 heteroatoms. The molecule has 1 heterocycles. The summed E-state index contributed by atoms with van der Waals surface area (Å²) in [5.41, 5.74) is 14.5. The fourth-order valence-electron chi connectivity index (χ4n) is 2.95. The van der Waals surface area contributed by atoms with Gasteiger partial charge in [0, 0.05) is 6.21 Å². The van der Waals surface area contributed by atoms with Gasteiger partial charge in [0.05, 0.1) is 17.3 Å². The number of aliphatic imine (C=N–C) groups is 1. The van der Waals surface area contributed by atoms with Crippen molar-refractivity contribution >= 4 is 11.9 Å². The Hall–Kier alpha value is -1.19. The molecule has 0 saturated heterocycles. The SMILES string of the molecule is CCCCCCCCC1(N)c2ccccc2N=CC1N. The van der Waals surface area contributed by atoms with Gasteiger partial charge >= 0.3 is 0 Å². The van der Waals surface area contributed by atoms with Gasteiger partial charge in [-0.15, -0.1) is 0 Å². The first-order valence-corrected chi connectivity index (χ1v) is 7.86. The Bertz CT molecular complexity index is 455. The smallest absolute Gasteiger partial charge is 0.0677 e. The number of para-hydroxylation sites is 1. The minimum Gasteiger partial charge on any atom is -0.321 e. The van der Waals surface area contributed by atoms with E-state index >= 15 is 0 Å². The molecule has 1 aliphatic rings. The first-order chi connectivity index (χ1) is 9.68. The lowest BCUT2D eigenvalue weighted by molar-refractivity contribution is 0.362. The highest BCUT2D eigenvalue weighted by molar-refractivity contribution is 5.76. The van der Waals surface area contributed by atoms with E-state index in [9.17, 15) is 0 Å². The first-order valence-electron chi connectivity index (χ1n) is 7.86. The van der Waals surface area contributed by atoms with Crippen LogP contribution in [0.15, 0.2) is 29.3 Å². The Morgan fingerprint density at radius 3 is 2.60 bits per heavy atom. The molecular weight excluding hydrogens is 246 g/mol. The van der Waals surface area contributed by atoms with Crippen LogP contribution in [0.4, 0.5) is 5.69 Å². The topological polar surface area (TPSA) is 64.4 Å². The second-order valence-corrected chi connectivity index (χ2v) is 5.88. The lowest BCUT2D eigenvalue weighted by Gasteiger charge is -2.37. The van der Waals surface area contributed by atoms with Gasteiger partial charge in [-0.05, 0) is 18.1 Å². The van der Waals surface area contributed by atoms with Gasteiger partial charge in [0.15, 0.2) is 0 Å². The Morgan fingerprint density at radius 2 is 1.80 bits per heavy atom. The second kappa shape index (κ2) is 7.00. The summed E-state index contributed by atoms with van der Waals surface area (Å²) >= 11 is 0. The minimum atomic E-state index is -0.455. The van der Waals surface area contributed by atoms with Gasteiger partial charge in [-0.1, -0.05) is 63.6 Å². The van der Waals surface area contributed by atoms with Crippen molar-refractivity contribution in [2.24, 2.45) is 16.5 Å². The molecule has 1 aromatic rings. The highest BCUT2D eigenvalue weighted by atomic mass is 14.9. The van der Waals surface area contributed by atoms with Gasteiger partial charge in [0.2, 0.25) is 0 Å². The second-order valence-electron chi connectivity index (χ2n) is 5.88. The van der Waals surface area contributed by atoms with E-state index in [0.29, 0.717) is 0 Å². The van der Waals surface area contributed by atoms with Crippen LogP contribution < -0.4 is 11.5 Å². The monoisotopic (exact) mass is 273 g/mol. The highest BCUT2D eigenvalue weighted by Crippen LogP contribution is 2.36. The molecule has 0 spiro atoms.